The van der Waals surface area contributed by atoms with E-state index in [-0.39, 0.29) is 5.54 Å². The van der Waals surface area contributed by atoms with Crippen LogP contribution < -0.4 is 5.32 Å². The van der Waals surface area contributed by atoms with Crippen molar-refractivity contribution in [2.24, 2.45) is 0 Å². The molecule has 1 unspecified atom stereocenters. The van der Waals surface area contributed by atoms with Crippen molar-refractivity contribution in [3.8, 4) is 0 Å². The zero-order valence-electron chi connectivity index (χ0n) is 12.5. The third-order valence-electron chi connectivity index (χ3n) is 5.35. The highest BCUT2D eigenvalue weighted by Crippen LogP contribution is 2.40. The van der Waals surface area contributed by atoms with Crippen LogP contribution >= 0.6 is 22.9 Å². The van der Waals surface area contributed by atoms with Crippen molar-refractivity contribution in [2.75, 3.05) is 13.1 Å². The van der Waals surface area contributed by atoms with Gasteiger partial charge in [0.05, 0.1) is 4.34 Å². The normalized spacial score (nSPS) is 30.1. The summed E-state index contributed by atoms with van der Waals surface area (Å²) in [5.41, 5.74) is 0.653. The van der Waals surface area contributed by atoms with E-state index in [4.69, 9.17) is 11.6 Å². The predicted octanol–water partition coefficient (Wildman–Crippen LogP) is 4.29. The zero-order chi connectivity index (χ0) is 14.2. The number of nitrogens with one attached hydrogen (secondary N) is 1. The van der Waals surface area contributed by atoms with Gasteiger partial charge in [-0.1, -0.05) is 31.4 Å². The lowest BCUT2D eigenvalue weighted by atomic mass is 9.85. The van der Waals surface area contributed by atoms with Crippen molar-refractivity contribution in [3.63, 3.8) is 0 Å². The van der Waals surface area contributed by atoms with E-state index in [1.54, 1.807) is 11.3 Å². The summed E-state index contributed by atoms with van der Waals surface area (Å²) in [6.45, 7) is 8.02. The van der Waals surface area contributed by atoms with Gasteiger partial charge in [-0.2, -0.15) is 0 Å². The fourth-order valence-corrected chi connectivity index (χ4v) is 4.85. The van der Waals surface area contributed by atoms with Crippen LogP contribution in [0.3, 0.4) is 0 Å². The monoisotopic (exact) mass is 312 g/mol. The van der Waals surface area contributed by atoms with E-state index < -0.39 is 0 Å². The van der Waals surface area contributed by atoms with Gasteiger partial charge in [-0.3, -0.25) is 4.90 Å². The maximum atomic E-state index is 6.10. The van der Waals surface area contributed by atoms with Crippen molar-refractivity contribution in [2.45, 2.75) is 63.6 Å². The predicted molar refractivity (Wildman–Crippen MR) is 87.6 cm³/mol. The molecule has 2 heterocycles. The molecule has 20 heavy (non-hydrogen) atoms. The smallest absolute Gasteiger partial charge is 0.0931 e. The van der Waals surface area contributed by atoms with Gasteiger partial charge < -0.3 is 5.32 Å². The van der Waals surface area contributed by atoms with Crippen molar-refractivity contribution in [1.29, 1.82) is 0 Å². The summed E-state index contributed by atoms with van der Waals surface area (Å²) < 4.78 is 0.911. The highest BCUT2D eigenvalue weighted by molar-refractivity contribution is 7.16. The summed E-state index contributed by atoms with van der Waals surface area (Å²) in [7, 11) is 0. The van der Waals surface area contributed by atoms with Crippen LogP contribution in [0.5, 0.6) is 0 Å². The van der Waals surface area contributed by atoms with Gasteiger partial charge in [-0.25, -0.2) is 0 Å². The molecule has 0 aromatic carbocycles. The molecule has 1 aromatic heterocycles. The SMILES string of the molecule is CCC1(C)CN(Cc2ccc(Cl)s2)C2(CCCC2)CN1. The van der Waals surface area contributed by atoms with E-state index in [9.17, 15) is 0 Å². The average molecular weight is 313 g/mol. The second-order valence-electron chi connectivity index (χ2n) is 6.76. The minimum absolute atomic E-state index is 0.259. The molecule has 0 radical (unpaired) electrons. The first-order valence-electron chi connectivity index (χ1n) is 7.80. The van der Waals surface area contributed by atoms with E-state index in [1.165, 1.54) is 37.0 Å². The van der Waals surface area contributed by atoms with Crippen LogP contribution in [0.15, 0.2) is 12.1 Å². The Balaban J connectivity index is 1.81. The topological polar surface area (TPSA) is 15.3 Å². The van der Waals surface area contributed by atoms with Crippen LogP contribution in [0.4, 0.5) is 0 Å². The van der Waals surface area contributed by atoms with Gasteiger partial charge in [0.15, 0.2) is 0 Å². The van der Waals surface area contributed by atoms with Gasteiger partial charge in [-0.05, 0) is 38.3 Å². The van der Waals surface area contributed by atoms with Crippen molar-refractivity contribution in [1.82, 2.24) is 10.2 Å². The lowest BCUT2D eigenvalue weighted by Gasteiger charge is -2.52. The third kappa shape index (κ3) is 2.78. The quantitative estimate of drug-likeness (QED) is 0.895. The molecule has 1 N–H and O–H groups in total. The van der Waals surface area contributed by atoms with Crippen LogP contribution in [-0.4, -0.2) is 29.1 Å². The van der Waals surface area contributed by atoms with Crippen LogP contribution in [-0.2, 0) is 6.54 Å². The highest BCUT2D eigenvalue weighted by Gasteiger charge is 2.46. The Kier molecular flexibility index (Phi) is 4.15. The molecular formula is C16H25ClN2S. The van der Waals surface area contributed by atoms with E-state index in [0.717, 1.165) is 24.0 Å². The number of halogens is 1. The van der Waals surface area contributed by atoms with Crippen LogP contribution in [0.25, 0.3) is 0 Å². The highest BCUT2D eigenvalue weighted by atomic mass is 35.5. The number of nitrogens with zero attached hydrogens (tertiary/aromatic N) is 1. The van der Waals surface area contributed by atoms with Crippen molar-refractivity contribution >= 4 is 22.9 Å². The minimum Gasteiger partial charge on any atom is -0.308 e. The number of piperazine rings is 1. The second kappa shape index (κ2) is 5.60. The minimum atomic E-state index is 0.259. The van der Waals surface area contributed by atoms with Crippen molar-refractivity contribution < 1.29 is 0 Å². The standard InChI is InChI=1S/C16H25ClN2S/c1-3-15(2)12-19(10-13-6-7-14(17)20-13)16(11-18-15)8-4-5-9-16/h6-7,18H,3-5,8-12H2,1-2H3. The van der Waals surface area contributed by atoms with Gasteiger partial charge in [0.1, 0.15) is 0 Å². The Labute approximate surface area is 131 Å². The van der Waals surface area contributed by atoms with E-state index in [1.807, 2.05) is 6.07 Å². The van der Waals surface area contributed by atoms with Gasteiger partial charge in [0.25, 0.3) is 0 Å². The fraction of sp³-hybridized carbons (Fsp3) is 0.750. The van der Waals surface area contributed by atoms with Gasteiger partial charge in [0, 0.05) is 35.6 Å². The summed E-state index contributed by atoms with van der Waals surface area (Å²) in [4.78, 5) is 4.16. The summed E-state index contributed by atoms with van der Waals surface area (Å²) >= 11 is 7.83. The van der Waals surface area contributed by atoms with E-state index in [2.05, 4.69) is 30.1 Å². The van der Waals surface area contributed by atoms with Gasteiger partial charge in [-0.15, -0.1) is 11.3 Å². The summed E-state index contributed by atoms with van der Waals surface area (Å²) in [6.07, 6.45) is 6.64. The molecule has 2 nitrogen and oxygen atoms in total. The molecule has 3 rings (SSSR count). The number of hydrogen-bond acceptors (Lipinski definition) is 3. The fourth-order valence-electron chi connectivity index (χ4n) is 3.75. The Morgan fingerprint density at radius 3 is 2.70 bits per heavy atom. The molecule has 1 saturated heterocycles. The molecule has 0 bridgehead atoms. The maximum Gasteiger partial charge on any atom is 0.0931 e. The second-order valence-corrected chi connectivity index (χ2v) is 8.56. The van der Waals surface area contributed by atoms with Crippen molar-refractivity contribution in [3.05, 3.63) is 21.3 Å². The maximum absolute atomic E-state index is 6.10. The third-order valence-corrected chi connectivity index (χ3v) is 6.56. The molecule has 1 aliphatic heterocycles. The first kappa shape index (κ1) is 14.8. The molecule has 4 heteroatoms. The molecule has 0 amide bonds. The molecular weight excluding hydrogens is 288 g/mol. The molecule has 1 aromatic rings. The summed E-state index contributed by atoms with van der Waals surface area (Å²) in [6, 6.07) is 4.23. The van der Waals surface area contributed by atoms with Crippen LogP contribution in [0.2, 0.25) is 4.34 Å². The number of hydrogen-bond donors (Lipinski definition) is 1. The van der Waals surface area contributed by atoms with Gasteiger partial charge in [0.2, 0.25) is 0 Å². The average Bonchev–Trinajstić information content (AvgIpc) is 3.05. The molecule has 1 spiro atoms. The summed E-state index contributed by atoms with van der Waals surface area (Å²) in [5.74, 6) is 0. The number of rotatable bonds is 3. The zero-order valence-corrected chi connectivity index (χ0v) is 14.1. The van der Waals surface area contributed by atoms with E-state index in [0.29, 0.717) is 5.54 Å². The van der Waals surface area contributed by atoms with Crippen LogP contribution in [0.1, 0.15) is 50.8 Å². The van der Waals surface area contributed by atoms with E-state index >= 15 is 0 Å². The Bertz CT molecular complexity index is 467. The largest absolute Gasteiger partial charge is 0.308 e. The first-order chi connectivity index (χ1) is 9.55. The molecule has 1 atom stereocenters. The lowest BCUT2D eigenvalue weighted by Crippen LogP contribution is -2.67. The molecule has 1 saturated carbocycles. The first-order valence-corrected chi connectivity index (χ1v) is 8.99. The van der Waals surface area contributed by atoms with Gasteiger partial charge >= 0.3 is 0 Å². The molecule has 2 fully saturated rings. The molecule has 1 aliphatic carbocycles. The van der Waals surface area contributed by atoms with Crippen LogP contribution in [0, 0.1) is 0 Å². The molecule has 2 aliphatic rings. The lowest BCUT2D eigenvalue weighted by molar-refractivity contribution is 0.00606. The Morgan fingerprint density at radius 1 is 1.35 bits per heavy atom. The molecule has 112 valence electrons. The number of thiophene rings is 1. The Morgan fingerprint density at radius 2 is 2.10 bits per heavy atom. The summed E-state index contributed by atoms with van der Waals surface area (Å²) in [5, 5.41) is 3.83. The Hall–Kier alpha value is -0.0900.